The molecule has 1 aliphatic rings. The summed E-state index contributed by atoms with van der Waals surface area (Å²) in [4.78, 5) is 22.1. The van der Waals surface area contributed by atoms with E-state index in [9.17, 15) is 4.79 Å². The van der Waals surface area contributed by atoms with Gasteiger partial charge < -0.3 is 9.80 Å². The van der Waals surface area contributed by atoms with Crippen molar-refractivity contribution in [1.82, 2.24) is 24.6 Å². The van der Waals surface area contributed by atoms with E-state index in [0.717, 1.165) is 54.6 Å². The van der Waals surface area contributed by atoms with Gasteiger partial charge in [0.15, 0.2) is 5.65 Å². The number of aromatic nitrogens is 3. The third kappa shape index (κ3) is 3.40. The third-order valence-electron chi connectivity index (χ3n) is 5.49. The molecule has 0 N–H and O–H groups in total. The van der Waals surface area contributed by atoms with Crippen molar-refractivity contribution in [2.24, 2.45) is 0 Å². The maximum atomic E-state index is 13.2. The fraction of sp³-hybridized carbons (Fsp3) is 0.632. The molecule has 3 heterocycles. The molecule has 6 heteroatoms. The molecule has 0 radical (unpaired) electrons. The van der Waals surface area contributed by atoms with Gasteiger partial charge in [0.05, 0.1) is 23.2 Å². The Balaban J connectivity index is 1.94. The van der Waals surface area contributed by atoms with Crippen LogP contribution in [0.2, 0.25) is 0 Å². The van der Waals surface area contributed by atoms with Gasteiger partial charge in [-0.25, -0.2) is 9.67 Å². The molecule has 0 aromatic carbocycles. The molecule has 1 amide bonds. The first-order chi connectivity index (χ1) is 11.9. The van der Waals surface area contributed by atoms with Crippen LogP contribution in [0.4, 0.5) is 0 Å². The second kappa shape index (κ2) is 7.12. The van der Waals surface area contributed by atoms with Gasteiger partial charge in [-0.3, -0.25) is 4.79 Å². The fourth-order valence-electron chi connectivity index (χ4n) is 3.55. The quantitative estimate of drug-likeness (QED) is 0.856. The van der Waals surface area contributed by atoms with Crippen LogP contribution in [-0.4, -0.2) is 63.7 Å². The number of likely N-dealkylation sites (tertiary alicyclic amines) is 1. The first-order valence-corrected chi connectivity index (χ1v) is 9.23. The van der Waals surface area contributed by atoms with E-state index < -0.39 is 0 Å². The van der Waals surface area contributed by atoms with Crippen molar-refractivity contribution in [3.8, 4) is 0 Å². The highest BCUT2D eigenvalue weighted by atomic mass is 16.2. The zero-order valence-corrected chi connectivity index (χ0v) is 16.0. The van der Waals surface area contributed by atoms with Gasteiger partial charge in [0.25, 0.3) is 5.91 Å². The van der Waals surface area contributed by atoms with E-state index >= 15 is 0 Å². The molecular weight excluding hydrogens is 314 g/mol. The normalized spacial score (nSPS) is 17.8. The first-order valence-electron chi connectivity index (χ1n) is 9.23. The van der Waals surface area contributed by atoms with Crippen LogP contribution in [0.1, 0.15) is 55.2 Å². The molecule has 0 aliphatic carbocycles. The summed E-state index contributed by atoms with van der Waals surface area (Å²) in [6, 6.07) is 2.47. The molecule has 6 nitrogen and oxygen atoms in total. The van der Waals surface area contributed by atoms with E-state index in [4.69, 9.17) is 0 Å². The predicted molar refractivity (Wildman–Crippen MR) is 99.9 cm³/mol. The Morgan fingerprint density at radius 2 is 2.08 bits per heavy atom. The van der Waals surface area contributed by atoms with Crippen molar-refractivity contribution < 1.29 is 4.79 Å². The van der Waals surface area contributed by atoms with Crippen LogP contribution >= 0.6 is 0 Å². The highest BCUT2D eigenvalue weighted by molar-refractivity contribution is 6.05. The number of hydrogen-bond acceptors (Lipinski definition) is 4. The monoisotopic (exact) mass is 343 g/mol. The predicted octanol–water partition coefficient (Wildman–Crippen LogP) is 2.88. The number of rotatable bonds is 4. The molecule has 2 aromatic rings. The van der Waals surface area contributed by atoms with Crippen molar-refractivity contribution in [2.75, 3.05) is 27.2 Å². The SMILES string of the molecule is CCC(C)n1ncc2c(C(=O)N(C)C3CCN(C)CC3)cc(C)nc21. The molecule has 1 fully saturated rings. The lowest BCUT2D eigenvalue weighted by Gasteiger charge is -2.35. The number of pyridine rings is 1. The fourth-order valence-corrected chi connectivity index (χ4v) is 3.55. The Morgan fingerprint density at radius 3 is 2.72 bits per heavy atom. The number of amides is 1. The summed E-state index contributed by atoms with van der Waals surface area (Å²) < 4.78 is 1.94. The number of nitrogens with zero attached hydrogens (tertiary/aromatic N) is 5. The van der Waals surface area contributed by atoms with Crippen molar-refractivity contribution in [1.29, 1.82) is 0 Å². The summed E-state index contributed by atoms with van der Waals surface area (Å²) >= 11 is 0. The Hall–Kier alpha value is -1.95. The summed E-state index contributed by atoms with van der Waals surface area (Å²) in [6.07, 6.45) is 4.82. The van der Waals surface area contributed by atoms with Crippen LogP contribution in [0.3, 0.4) is 0 Å². The standard InChI is InChI=1S/C19H29N5O/c1-6-14(3)24-18-17(12-20-24)16(11-13(2)21-18)19(25)23(5)15-7-9-22(4)10-8-15/h11-12,14-15H,6-10H2,1-5H3. The number of aryl methyl sites for hydroxylation is 1. The molecule has 3 rings (SSSR count). The highest BCUT2D eigenvalue weighted by Gasteiger charge is 2.27. The average Bonchev–Trinajstić information content (AvgIpc) is 3.03. The topological polar surface area (TPSA) is 54.3 Å². The minimum atomic E-state index is 0.0776. The van der Waals surface area contributed by atoms with E-state index in [1.165, 1.54) is 0 Å². The summed E-state index contributed by atoms with van der Waals surface area (Å²) in [5, 5.41) is 5.37. The zero-order chi connectivity index (χ0) is 18.1. The number of hydrogen-bond donors (Lipinski definition) is 0. The number of carbonyl (C=O) groups is 1. The minimum absolute atomic E-state index is 0.0776. The smallest absolute Gasteiger partial charge is 0.254 e. The Bertz CT molecular complexity index is 761. The second-order valence-electron chi connectivity index (χ2n) is 7.35. The Kier molecular flexibility index (Phi) is 5.08. The van der Waals surface area contributed by atoms with Crippen molar-refractivity contribution in [2.45, 2.75) is 52.1 Å². The molecule has 0 spiro atoms. The van der Waals surface area contributed by atoms with E-state index in [1.807, 2.05) is 29.6 Å². The van der Waals surface area contributed by atoms with E-state index in [0.29, 0.717) is 6.04 Å². The second-order valence-corrected chi connectivity index (χ2v) is 7.35. The van der Waals surface area contributed by atoms with Gasteiger partial charge in [0.1, 0.15) is 0 Å². The van der Waals surface area contributed by atoms with E-state index in [2.05, 4.69) is 35.9 Å². The zero-order valence-electron chi connectivity index (χ0n) is 16.0. The van der Waals surface area contributed by atoms with Crippen LogP contribution in [0, 0.1) is 6.92 Å². The summed E-state index contributed by atoms with van der Waals surface area (Å²) in [6.45, 7) is 8.29. The maximum Gasteiger partial charge on any atom is 0.254 e. The molecule has 0 bridgehead atoms. The highest BCUT2D eigenvalue weighted by Crippen LogP contribution is 2.25. The molecule has 136 valence electrons. The van der Waals surface area contributed by atoms with Crippen LogP contribution in [0.25, 0.3) is 11.0 Å². The van der Waals surface area contributed by atoms with E-state index in [1.54, 1.807) is 6.20 Å². The maximum absolute atomic E-state index is 13.2. The van der Waals surface area contributed by atoms with Crippen molar-refractivity contribution in [3.63, 3.8) is 0 Å². The largest absolute Gasteiger partial charge is 0.339 e. The van der Waals surface area contributed by atoms with E-state index in [-0.39, 0.29) is 11.9 Å². The minimum Gasteiger partial charge on any atom is -0.339 e. The lowest BCUT2D eigenvalue weighted by molar-refractivity contribution is 0.0661. The third-order valence-corrected chi connectivity index (χ3v) is 5.49. The van der Waals surface area contributed by atoms with Gasteiger partial charge in [0, 0.05) is 18.8 Å². The van der Waals surface area contributed by atoms with Gasteiger partial charge in [-0.05, 0) is 59.3 Å². The molecule has 1 saturated heterocycles. The van der Waals surface area contributed by atoms with Crippen molar-refractivity contribution >= 4 is 16.9 Å². The molecule has 1 aliphatic heterocycles. The van der Waals surface area contributed by atoms with Gasteiger partial charge >= 0.3 is 0 Å². The van der Waals surface area contributed by atoms with Crippen LogP contribution in [-0.2, 0) is 0 Å². The Labute approximate surface area is 149 Å². The molecule has 2 aromatic heterocycles. The van der Waals surface area contributed by atoms with Crippen LogP contribution < -0.4 is 0 Å². The van der Waals surface area contributed by atoms with Crippen LogP contribution in [0.15, 0.2) is 12.3 Å². The molecule has 1 atom stereocenters. The molecule has 0 saturated carbocycles. The number of carbonyl (C=O) groups excluding carboxylic acids is 1. The molecule has 1 unspecified atom stereocenters. The van der Waals surface area contributed by atoms with Crippen molar-refractivity contribution in [3.05, 3.63) is 23.5 Å². The number of piperidine rings is 1. The number of fused-ring (bicyclic) bond motifs is 1. The molecule has 25 heavy (non-hydrogen) atoms. The molecular formula is C19H29N5O. The summed E-state index contributed by atoms with van der Waals surface area (Å²) in [5.74, 6) is 0.0776. The van der Waals surface area contributed by atoms with Gasteiger partial charge in [-0.2, -0.15) is 5.10 Å². The van der Waals surface area contributed by atoms with Gasteiger partial charge in [0.2, 0.25) is 0 Å². The lowest BCUT2D eigenvalue weighted by atomic mass is 10.0. The first kappa shape index (κ1) is 17.9. The Morgan fingerprint density at radius 1 is 1.40 bits per heavy atom. The summed E-state index contributed by atoms with van der Waals surface area (Å²) in [5.41, 5.74) is 2.39. The van der Waals surface area contributed by atoms with Crippen LogP contribution in [0.5, 0.6) is 0 Å². The summed E-state index contributed by atoms with van der Waals surface area (Å²) in [7, 11) is 4.07. The van der Waals surface area contributed by atoms with Gasteiger partial charge in [-0.15, -0.1) is 0 Å². The lowest BCUT2D eigenvalue weighted by Crippen LogP contribution is -2.44. The van der Waals surface area contributed by atoms with Gasteiger partial charge in [-0.1, -0.05) is 6.92 Å². The average molecular weight is 343 g/mol.